The molecule has 0 radical (unpaired) electrons. The zero-order chi connectivity index (χ0) is 17.0. The van der Waals surface area contributed by atoms with Crippen molar-refractivity contribution in [1.29, 1.82) is 0 Å². The van der Waals surface area contributed by atoms with Crippen LogP contribution in [0.2, 0.25) is 0 Å². The van der Waals surface area contributed by atoms with Gasteiger partial charge in [0.2, 0.25) is 5.91 Å². The van der Waals surface area contributed by atoms with Crippen molar-refractivity contribution in [2.75, 3.05) is 20.8 Å². The molecule has 1 aliphatic heterocycles. The summed E-state index contributed by atoms with van der Waals surface area (Å²) in [5.41, 5.74) is 0.858. The normalized spacial score (nSPS) is 19.2. The molecule has 2 N–H and O–H groups in total. The van der Waals surface area contributed by atoms with Gasteiger partial charge in [0.1, 0.15) is 11.3 Å². The third-order valence-corrected chi connectivity index (χ3v) is 3.56. The average Bonchev–Trinajstić information content (AvgIpc) is 2.91. The van der Waals surface area contributed by atoms with E-state index in [0.29, 0.717) is 11.3 Å². The van der Waals surface area contributed by atoms with E-state index >= 15 is 0 Å². The Bertz CT molecular complexity index is 607. The van der Waals surface area contributed by atoms with Gasteiger partial charge < -0.3 is 14.8 Å². The largest absolute Gasteiger partial charge is 0.496 e. The number of hydrogen-bond donors (Lipinski definition) is 2. The van der Waals surface area contributed by atoms with Crippen LogP contribution in [0.25, 0.3) is 0 Å². The number of amides is 1. The highest BCUT2D eigenvalue weighted by molar-refractivity contribution is 5.92. The summed E-state index contributed by atoms with van der Waals surface area (Å²) in [5, 5.41) is 5.06. The van der Waals surface area contributed by atoms with Gasteiger partial charge in [0, 0.05) is 13.0 Å². The lowest BCUT2D eigenvalue weighted by Gasteiger charge is -2.13. The van der Waals surface area contributed by atoms with Crippen molar-refractivity contribution in [2.24, 2.45) is 0 Å². The Balaban J connectivity index is 2.01. The second kappa shape index (κ2) is 6.91. The van der Waals surface area contributed by atoms with Crippen molar-refractivity contribution >= 4 is 11.9 Å². The minimum atomic E-state index is -2.86. The van der Waals surface area contributed by atoms with E-state index in [0.717, 1.165) is 0 Å². The van der Waals surface area contributed by atoms with Gasteiger partial charge in [-0.2, -0.15) is 0 Å². The van der Waals surface area contributed by atoms with Gasteiger partial charge in [0.15, 0.2) is 0 Å². The van der Waals surface area contributed by atoms with Crippen molar-refractivity contribution in [3.05, 3.63) is 29.3 Å². The number of esters is 1. The molecule has 0 aliphatic carbocycles. The molecule has 0 saturated carbocycles. The Hall–Kier alpha value is -2.22. The summed E-state index contributed by atoms with van der Waals surface area (Å²) in [7, 11) is 2.68. The van der Waals surface area contributed by atoms with E-state index in [1.165, 1.54) is 20.3 Å². The molecule has 2 rings (SSSR count). The number of ether oxygens (including phenoxy) is 2. The molecule has 126 valence electrons. The highest BCUT2D eigenvalue weighted by Crippen LogP contribution is 2.25. The number of benzene rings is 1. The first kappa shape index (κ1) is 17.1. The first-order chi connectivity index (χ1) is 10.9. The molecular formula is C15H18F2N2O4. The standard InChI is InChI=1S/C15H18F2N2O4/c1-22-12-4-3-9(5-10(12)14(21)23-2)7-18-13(20)11-6-15(16,17)8-19-11/h3-5,11,19H,6-8H2,1-2H3,(H,18,20). The zero-order valence-electron chi connectivity index (χ0n) is 12.8. The summed E-state index contributed by atoms with van der Waals surface area (Å²) in [6.45, 7) is -0.392. The van der Waals surface area contributed by atoms with Crippen molar-refractivity contribution in [2.45, 2.75) is 24.9 Å². The number of methoxy groups -OCH3 is 2. The van der Waals surface area contributed by atoms with E-state index in [-0.39, 0.29) is 12.1 Å². The van der Waals surface area contributed by atoms with E-state index in [4.69, 9.17) is 4.74 Å². The first-order valence-corrected chi connectivity index (χ1v) is 7.00. The lowest BCUT2D eigenvalue weighted by Crippen LogP contribution is -2.40. The van der Waals surface area contributed by atoms with E-state index < -0.39 is 36.8 Å². The SMILES string of the molecule is COC(=O)c1cc(CNC(=O)C2CC(F)(F)CN2)ccc1OC. The van der Waals surface area contributed by atoms with E-state index in [1.54, 1.807) is 12.1 Å². The summed E-state index contributed by atoms with van der Waals surface area (Å²) in [4.78, 5) is 23.6. The maximum atomic E-state index is 13.1. The number of carbonyl (C=O) groups is 2. The first-order valence-electron chi connectivity index (χ1n) is 7.00. The maximum Gasteiger partial charge on any atom is 0.341 e. The monoisotopic (exact) mass is 328 g/mol. The Morgan fingerprint density at radius 3 is 2.70 bits per heavy atom. The Morgan fingerprint density at radius 1 is 1.39 bits per heavy atom. The predicted octanol–water partition coefficient (Wildman–Crippen LogP) is 1.10. The van der Waals surface area contributed by atoms with Crippen LogP contribution in [0.4, 0.5) is 8.78 Å². The van der Waals surface area contributed by atoms with Crippen LogP contribution < -0.4 is 15.4 Å². The number of carbonyl (C=O) groups excluding carboxylic acids is 2. The molecule has 1 unspecified atom stereocenters. The Labute approximate surface area is 132 Å². The third-order valence-electron chi connectivity index (χ3n) is 3.56. The highest BCUT2D eigenvalue weighted by atomic mass is 19.3. The summed E-state index contributed by atoms with van der Waals surface area (Å²) in [5.74, 6) is -3.58. The molecule has 1 fully saturated rings. The minimum Gasteiger partial charge on any atom is -0.496 e. The third kappa shape index (κ3) is 4.16. The van der Waals surface area contributed by atoms with Gasteiger partial charge in [-0.3, -0.25) is 10.1 Å². The lowest BCUT2D eigenvalue weighted by molar-refractivity contribution is -0.123. The molecule has 0 bridgehead atoms. The second-order valence-electron chi connectivity index (χ2n) is 5.24. The smallest absolute Gasteiger partial charge is 0.341 e. The van der Waals surface area contributed by atoms with E-state index in [1.807, 2.05) is 0 Å². The van der Waals surface area contributed by atoms with Crippen LogP contribution in [0.5, 0.6) is 5.75 Å². The predicted molar refractivity (Wildman–Crippen MR) is 77.5 cm³/mol. The average molecular weight is 328 g/mol. The molecule has 0 spiro atoms. The number of hydrogen-bond acceptors (Lipinski definition) is 5. The van der Waals surface area contributed by atoms with Crippen molar-refractivity contribution in [3.63, 3.8) is 0 Å². The molecule has 1 saturated heterocycles. The quantitative estimate of drug-likeness (QED) is 0.792. The molecule has 6 nitrogen and oxygen atoms in total. The van der Waals surface area contributed by atoms with Crippen LogP contribution in [0.3, 0.4) is 0 Å². The summed E-state index contributed by atoms with van der Waals surface area (Å²) >= 11 is 0. The van der Waals surface area contributed by atoms with Gasteiger partial charge in [-0.15, -0.1) is 0 Å². The topological polar surface area (TPSA) is 76.7 Å². The van der Waals surface area contributed by atoms with Crippen LogP contribution in [-0.2, 0) is 16.1 Å². The van der Waals surface area contributed by atoms with Crippen LogP contribution in [0.1, 0.15) is 22.3 Å². The van der Waals surface area contributed by atoms with Gasteiger partial charge in [0.25, 0.3) is 5.92 Å². The number of halogens is 2. The van der Waals surface area contributed by atoms with Crippen molar-refractivity contribution in [1.82, 2.24) is 10.6 Å². The number of rotatable bonds is 5. The molecule has 0 aromatic heterocycles. The van der Waals surface area contributed by atoms with Crippen molar-refractivity contribution in [3.8, 4) is 5.75 Å². The second-order valence-corrected chi connectivity index (χ2v) is 5.24. The number of alkyl halides is 2. The fraction of sp³-hybridized carbons (Fsp3) is 0.467. The lowest BCUT2D eigenvalue weighted by atomic mass is 10.1. The van der Waals surface area contributed by atoms with Crippen molar-refractivity contribution < 1.29 is 27.8 Å². The molecule has 1 aromatic rings. The molecule has 8 heteroatoms. The van der Waals surface area contributed by atoms with E-state index in [2.05, 4.69) is 15.4 Å². The highest BCUT2D eigenvalue weighted by Gasteiger charge is 2.42. The Morgan fingerprint density at radius 2 is 2.13 bits per heavy atom. The number of nitrogens with one attached hydrogen (secondary N) is 2. The fourth-order valence-corrected chi connectivity index (χ4v) is 2.35. The maximum absolute atomic E-state index is 13.1. The van der Waals surface area contributed by atoms with Gasteiger partial charge in [-0.25, -0.2) is 13.6 Å². The molecule has 1 atom stereocenters. The van der Waals surface area contributed by atoms with Gasteiger partial charge in [-0.05, 0) is 17.7 Å². The minimum absolute atomic E-state index is 0.108. The van der Waals surface area contributed by atoms with Crippen LogP contribution in [0, 0.1) is 0 Å². The molecular weight excluding hydrogens is 310 g/mol. The summed E-state index contributed by atoms with van der Waals surface area (Å²) in [6.07, 6.45) is -0.519. The van der Waals surface area contributed by atoms with Crippen LogP contribution >= 0.6 is 0 Å². The molecule has 1 aliphatic rings. The molecule has 1 amide bonds. The molecule has 1 aromatic carbocycles. The summed E-state index contributed by atoms with van der Waals surface area (Å²) < 4.78 is 35.9. The van der Waals surface area contributed by atoms with Gasteiger partial charge >= 0.3 is 5.97 Å². The van der Waals surface area contributed by atoms with Gasteiger partial charge in [-0.1, -0.05) is 6.07 Å². The van der Waals surface area contributed by atoms with E-state index in [9.17, 15) is 18.4 Å². The van der Waals surface area contributed by atoms with Gasteiger partial charge in [0.05, 0.1) is 26.8 Å². The fourth-order valence-electron chi connectivity index (χ4n) is 2.35. The van der Waals surface area contributed by atoms with Crippen LogP contribution in [-0.4, -0.2) is 44.6 Å². The molecule has 1 heterocycles. The summed E-state index contributed by atoms with van der Waals surface area (Å²) in [6, 6.07) is 3.86. The molecule has 23 heavy (non-hydrogen) atoms. The Kier molecular flexibility index (Phi) is 5.15. The zero-order valence-corrected chi connectivity index (χ0v) is 12.8. The van der Waals surface area contributed by atoms with Crippen LogP contribution in [0.15, 0.2) is 18.2 Å².